The summed E-state index contributed by atoms with van der Waals surface area (Å²) in [4.78, 5) is 10.7. The van der Waals surface area contributed by atoms with Crippen molar-refractivity contribution < 1.29 is 4.92 Å². The van der Waals surface area contributed by atoms with Crippen LogP contribution in [0.15, 0.2) is 42.5 Å². The molecule has 0 aliphatic heterocycles. The fourth-order valence-electron chi connectivity index (χ4n) is 2.23. The molecule has 0 aliphatic carbocycles. The lowest BCUT2D eigenvalue weighted by molar-refractivity contribution is -0.385. The van der Waals surface area contributed by atoms with Crippen molar-refractivity contribution in [2.45, 2.75) is 26.3 Å². The van der Waals surface area contributed by atoms with Gasteiger partial charge in [-0.3, -0.25) is 10.1 Å². The summed E-state index contributed by atoms with van der Waals surface area (Å²) >= 11 is 5.82. The van der Waals surface area contributed by atoms with Crippen LogP contribution in [0.1, 0.15) is 24.5 Å². The molecule has 0 aromatic heterocycles. The Morgan fingerprint density at radius 2 is 1.95 bits per heavy atom. The van der Waals surface area contributed by atoms with Gasteiger partial charge in [0.05, 0.1) is 4.92 Å². The van der Waals surface area contributed by atoms with Crippen molar-refractivity contribution in [3.63, 3.8) is 0 Å². The van der Waals surface area contributed by atoms with Crippen molar-refractivity contribution >= 4 is 23.0 Å². The topological polar surface area (TPSA) is 55.2 Å². The van der Waals surface area contributed by atoms with E-state index in [1.54, 1.807) is 12.1 Å². The molecule has 0 saturated heterocycles. The number of nitrogens with one attached hydrogen (secondary N) is 1. The van der Waals surface area contributed by atoms with Crippen molar-refractivity contribution in [3.05, 3.63) is 68.7 Å². The predicted octanol–water partition coefficient (Wildman–Crippen LogP) is 4.81. The Morgan fingerprint density at radius 3 is 2.67 bits per heavy atom. The van der Waals surface area contributed by atoms with Gasteiger partial charge in [-0.15, -0.1) is 0 Å². The van der Waals surface area contributed by atoms with Crippen LogP contribution < -0.4 is 5.32 Å². The van der Waals surface area contributed by atoms with Gasteiger partial charge in [-0.05, 0) is 30.2 Å². The minimum Gasteiger partial charge on any atom is -0.380 e. The summed E-state index contributed by atoms with van der Waals surface area (Å²) in [5.41, 5.74) is 2.90. The third-order valence-corrected chi connectivity index (χ3v) is 3.49. The molecular formula is C16H17ClN2O2. The van der Waals surface area contributed by atoms with Crippen LogP contribution in [0.25, 0.3) is 0 Å². The van der Waals surface area contributed by atoms with Gasteiger partial charge >= 0.3 is 0 Å². The van der Waals surface area contributed by atoms with Gasteiger partial charge in [0.1, 0.15) is 0 Å². The third-order valence-electron chi connectivity index (χ3n) is 3.25. The van der Waals surface area contributed by atoms with E-state index in [1.165, 1.54) is 11.6 Å². The second-order valence-electron chi connectivity index (χ2n) is 4.79. The Labute approximate surface area is 128 Å². The summed E-state index contributed by atoms with van der Waals surface area (Å²) in [7, 11) is 0. The van der Waals surface area contributed by atoms with Gasteiger partial charge in [0.15, 0.2) is 0 Å². The highest BCUT2D eigenvalue weighted by atomic mass is 35.5. The second kappa shape index (κ2) is 7.09. The zero-order valence-corrected chi connectivity index (χ0v) is 12.6. The molecule has 0 heterocycles. The molecule has 4 nitrogen and oxygen atoms in total. The Morgan fingerprint density at radius 1 is 1.19 bits per heavy atom. The quantitative estimate of drug-likeness (QED) is 0.615. The van der Waals surface area contributed by atoms with Crippen LogP contribution in [0.3, 0.4) is 0 Å². The summed E-state index contributed by atoms with van der Waals surface area (Å²) in [5, 5.41) is 14.7. The molecule has 1 N–H and O–H groups in total. The Bertz CT molecular complexity index is 644. The molecule has 0 radical (unpaired) electrons. The van der Waals surface area contributed by atoms with Gasteiger partial charge < -0.3 is 5.32 Å². The fraction of sp³-hybridized carbons (Fsp3) is 0.250. The van der Waals surface area contributed by atoms with Gasteiger partial charge in [0.2, 0.25) is 0 Å². The van der Waals surface area contributed by atoms with Gasteiger partial charge in [-0.25, -0.2) is 0 Å². The van der Waals surface area contributed by atoms with Crippen LogP contribution in [-0.2, 0) is 13.0 Å². The van der Waals surface area contributed by atoms with Crippen molar-refractivity contribution in [1.82, 2.24) is 0 Å². The maximum atomic E-state index is 11.1. The Hall–Kier alpha value is -2.07. The number of hydrogen-bond acceptors (Lipinski definition) is 3. The van der Waals surface area contributed by atoms with Gasteiger partial charge in [-0.2, -0.15) is 0 Å². The fourth-order valence-corrected chi connectivity index (χ4v) is 2.39. The number of nitrogens with zero attached hydrogens (tertiary/aromatic N) is 1. The highest BCUT2D eigenvalue weighted by Gasteiger charge is 2.14. The van der Waals surface area contributed by atoms with E-state index in [1.807, 2.05) is 18.2 Å². The maximum Gasteiger partial charge on any atom is 0.275 e. The van der Waals surface area contributed by atoms with Crippen molar-refractivity contribution in [3.8, 4) is 0 Å². The Kier molecular flexibility index (Phi) is 5.17. The molecule has 0 atom stereocenters. The molecule has 2 aromatic rings. The average Bonchev–Trinajstić information content (AvgIpc) is 2.47. The van der Waals surface area contributed by atoms with Crippen LogP contribution in [0.4, 0.5) is 11.4 Å². The Balaban J connectivity index is 2.19. The molecule has 2 rings (SSSR count). The molecule has 21 heavy (non-hydrogen) atoms. The van der Waals surface area contributed by atoms with Crippen molar-refractivity contribution in [2.24, 2.45) is 0 Å². The number of hydrogen-bond donors (Lipinski definition) is 1. The van der Waals surface area contributed by atoms with Crippen LogP contribution in [-0.4, -0.2) is 4.92 Å². The first kappa shape index (κ1) is 15.3. The number of para-hydroxylation sites is 1. The molecule has 2 aromatic carbocycles. The summed E-state index contributed by atoms with van der Waals surface area (Å²) in [5.74, 6) is 0. The zero-order valence-electron chi connectivity index (χ0n) is 11.8. The van der Waals surface area contributed by atoms with E-state index in [9.17, 15) is 10.1 Å². The maximum absolute atomic E-state index is 11.1. The molecule has 0 saturated carbocycles. The first-order valence-corrected chi connectivity index (χ1v) is 7.24. The number of halogens is 1. The lowest BCUT2D eigenvalue weighted by atomic mass is 10.1. The highest BCUT2D eigenvalue weighted by Crippen LogP contribution is 2.25. The first-order valence-electron chi connectivity index (χ1n) is 6.86. The standard InChI is InChI=1S/C16H17ClN2O2/c1-2-5-12-6-3-4-7-15(12)18-11-13-8-9-14(17)10-16(13)19(20)21/h3-4,6-10,18H,2,5,11H2,1H3. The molecule has 0 spiro atoms. The van der Waals surface area contributed by atoms with Gasteiger partial charge in [0.25, 0.3) is 5.69 Å². The molecule has 5 heteroatoms. The number of nitro benzene ring substituents is 1. The van der Waals surface area contributed by atoms with Crippen molar-refractivity contribution in [1.29, 1.82) is 0 Å². The van der Waals surface area contributed by atoms with E-state index >= 15 is 0 Å². The molecular weight excluding hydrogens is 288 g/mol. The lowest BCUT2D eigenvalue weighted by Crippen LogP contribution is -2.05. The van der Waals surface area contributed by atoms with Gasteiger partial charge in [-0.1, -0.05) is 43.1 Å². The van der Waals surface area contributed by atoms with E-state index in [-0.39, 0.29) is 5.69 Å². The molecule has 110 valence electrons. The summed E-state index contributed by atoms with van der Waals surface area (Å²) in [6.07, 6.45) is 2.03. The normalized spacial score (nSPS) is 10.4. The summed E-state index contributed by atoms with van der Waals surface area (Å²) in [6, 6.07) is 12.8. The van der Waals surface area contributed by atoms with E-state index < -0.39 is 4.92 Å². The molecule has 0 unspecified atom stereocenters. The zero-order chi connectivity index (χ0) is 15.2. The van der Waals surface area contributed by atoms with Gasteiger partial charge in [0, 0.05) is 28.9 Å². The van der Waals surface area contributed by atoms with E-state index in [0.29, 0.717) is 17.1 Å². The number of aryl methyl sites for hydroxylation is 1. The average molecular weight is 305 g/mol. The largest absolute Gasteiger partial charge is 0.380 e. The summed E-state index contributed by atoms with van der Waals surface area (Å²) in [6.45, 7) is 2.52. The number of anilines is 1. The minimum absolute atomic E-state index is 0.0444. The van der Waals surface area contributed by atoms with Crippen molar-refractivity contribution in [2.75, 3.05) is 5.32 Å². The molecule has 0 bridgehead atoms. The summed E-state index contributed by atoms with van der Waals surface area (Å²) < 4.78 is 0. The van der Waals surface area contributed by atoms with Crippen LogP contribution in [0.2, 0.25) is 5.02 Å². The van der Waals surface area contributed by atoms with Crippen LogP contribution in [0.5, 0.6) is 0 Å². The first-order chi connectivity index (χ1) is 10.1. The third kappa shape index (κ3) is 3.95. The smallest absolute Gasteiger partial charge is 0.275 e. The van der Waals surface area contributed by atoms with E-state index in [2.05, 4.69) is 18.3 Å². The second-order valence-corrected chi connectivity index (χ2v) is 5.23. The van der Waals surface area contributed by atoms with E-state index in [0.717, 1.165) is 18.5 Å². The highest BCUT2D eigenvalue weighted by molar-refractivity contribution is 6.30. The van der Waals surface area contributed by atoms with Crippen LogP contribution >= 0.6 is 11.6 Å². The molecule has 0 fully saturated rings. The number of nitro groups is 1. The molecule has 0 amide bonds. The number of benzene rings is 2. The van der Waals surface area contributed by atoms with Crippen LogP contribution in [0, 0.1) is 10.1 Å². The molecule has 0 aliphatic rings. The number of rotatable bonds is 6. The monoisotopic (exact) mass is 304 g/mol. The SMILES string of the molecule is CCCc1ccccc1NCc1ccc(Cl)cc1[N+](=O)[O-]. The predicted molar refractivity (Wildman–Crippen MR) is 85.9 cm³/mol. The van der Waals surface area contributed by atoms with E-state index in [4.69, 9.17) is 11.6 Å². The minimum atomic E-state index is -0.402. The lowest BCUT2D eigenvalue weighted by Gasteiger charge is -2.11.